The minimum absolute atomic E-state index is 0.190. The molecule has 9 nitrogen and oxygen atoms in total. The molecule has 0 atom stereocenters. The predicted octanol–water partition coefficient (Wildman–Crippen LogP) is 4.39. The SMILES string of the molecule is CCCc1nnsc1C(=O)Nc1ccc(Nc2ccc(-n3nc(C)c(C)c3C)nn2)cc1. The van der Waals surface area contributed by atoms with Crippen LogP contribution in [0.3, 0.4) is 0 Å². The molecular weight excluding hydrogens is 424 g/mol. The Bertz CT molecular complexity index is 1230. The van der Waals surface area contributed by atoms with Gasteiger partial charge in [-0.25, -0.2) is 4.68 Å². The van der Waals surface area contributed by atoms with Crippen molar-refractivity contribution in [1.29, 1.82) is 0 Å². The highest BCUT2D eigenvalue weighted by atomic mass is 32.1. The van der Waals surface area contributed by atoms with Gasteiger partial charge in [0.25, 0.3) is 5.91 Å². The van der Waals surface area contributed by atoms with Crippen molar-refractivity contribution in [1.82, 2.24) is 29.6 Å². The molecule has 0 aliphatic heterocycles. The molecule has 10 heteroatoms. The molecular formula is C22H24N8OS. The summed E-state index contributed by atoms with van der Waals surface area (Å²) in [6.45, 7) is 8.08. The molecule has 0 spiro atoms. The van der Waals surface area contributed by atoms with Gasteiger partial charge in [0.15, 0.2) is 11.6 Å². The van der Waals surface area contributed by atoms with Gasteiger partial charge in [-0.2, -0.15) is 5.10 Å². The molecule has 0 saturated carbocycles. The Morgan fingerprint density at radius 1 is 1.00 bits per heavy atom. The topological polar surface area (TPSA) is 111 Å². The monoisotopic (exact) mass is 448 g/mol. The molecule has 4 rings (SSSR count). The number of rotatable bonds is 7. The van der Waals surface area contributed by atoms with Gasteiger partial charge in [0.2, 0.25) is 0 Å². The van der Waals surface area contributed by atoms with E-state index in [9.17, 15) is 4.79 Å². The third-order valence-electron chi connectivity index (χ3n) is 5.18. The standard InChI is InChI=1S/C22H24N8OS/c1-5-6-18-21(32-29-25-18)22(31)24-17-9-7-16(8-10-17)23-19-11-12-20(27-26-19)30-15(4)13(2)14(3)28-30/h7-12H,5-6H2,1-4H3,(H,23,26)(H,24,31). The Morgan fingerprint density at radius 3 is 2.38 bits per heavy atom. The first-order valence-corrected chi connectivity index (χ1v) is 11.1. The lowest BCUT2D eigenvalue weighted by Crippen LogP contribution is -2.12. The van der Waals surface area contributed by atoms with Crippen molar-refractivity contribution in [2.45, 2.75) is 40.5 Å². The summed E-state index contributed by atoms with van der Waals surface area (Å²) in [7, 11) is 0. The van der Waals surface area contributed by atoms with Gasteiger partial charge in [0.1, 0.15) is 4.88 Å². The maximum atomic E-state index is 12.5. The zero-order valence-electron chi connectivity index (χ0n) is 18.4. The highest BCUT2D eigenvalue weighted by Gasteiger charge is 2.16. The van der Waals surface area contributed by atoms with Gasteiger partial charge in [-0.15, -0.1) is 15.3 Å². The molecule has 0 unspecified atom stereocenters. The van der Waals surface area contributed by atoms with Crippen molar-refractivity contribution >= 4 is 34.6 Å². The highest BCUT2D eigenvalue weighted by Crippen LogP contribution is 2.21. The second-order valence-electron chi connectivity index (χ2n) is 7.44. The number of hydrogen-bond donors (Lipinski definition) is 2. The van der Waals surface area contributed by atoms with E-state index < -0.39 is 0 Å². The van der Waals surface area contributed by atoms with Gasteiger partial charge >= 0.3 is 0 Å². The number of carbonyl (C=O) groups is 1. The van der Waals surface area contributed by atoms with Crippen molar-refractivity contribution in [3.05, 3.63) is 63.9 Å². The van der Waals surface area contributed by atoms with Gasteiger partial charge in [-0.1, -0.05) is 17.8 Å². The van der Waals surface area contributed by atoms with Crippen LogP contribution < -0.4 is 10.6 Å². The molecule has 4 aromatic rings. The lowest BCUT2D eigenvalue weighted by molar-refractivity contribution is 0.102. The van der Waals surface area contributed by atoms with Crippen LogP contribution in [-0.2, 0) is 6.42 Å². The fourth-order valence-corrected chi connectivity index (χ4v) is 3.81. The van der Waals surface area contributed by atoms with Crippen LogP contribution in [-0.4, -0.2) is 35.5 Å². The number of nitrogens with one attached hydrogen (secondary N) is 2. The third kappa shape index (κ3) is 4.50. The average molecular weight is 449 g/mol. The number of aromatic nitrogens is 6. The maximum absolute atomic E-state index is 12.5. The number of amides is 1. The minimum Gasteiger partial charge on any atom is -0.339 e. The lowest BCUT2D eigenvalue weighted by atomic mass is 10.2. The van der Waals surface area contributed by atoms with E-state index in [0.29, 0.717) is 22.2 Å². The van der Waals surface area contributed by atoms with Crippen LogP contribution in [0.5, 0.6) is 0 Å². The summed E-state index contributed by atoms with van der Waals surface area (Å²) in [5.74, 6) is 1.09. The molecule has 3 aromatic heterocycles. The third-order valence-corrected chi connectivity index (χ3v) is 5.95. The molecule has 3 heterocycles. The molecule has 32 heavy (non-hydrogen) atoms. The number of nitrogens with zero attached hydrogens (tertiary/aromatic N) is 6. The van der Waals surface area contributed by atoms with Crippen molar-refractivity contribution in [2.75, 3.05) is 10.6 Å². The Kier molecular flexibility index (Phi) is 6.22. The number of carbonyl (C=O) groups excluding carboxylic acids is 1. The van der Waals surface area contributed by atoms with Crippen molar-refractivity contribution in [2.24, 2.45) is 0 Å². The first kappa shape index (κ1) is 21.6. The van der Waals surface area contributed by atoms with Gasteiger partial charge in [-0.3, -0.25) is 4.79 Å². The Balaban J connectivity index is 1.41. The molecule has 0 fully saturated rings. The average Bonchev–Trinajstić information content (AvgIpc) is 3.36. The number of aryl methyl sites for hydroxylation is 2. The Hall–Kier alpha value is -3.66. The van der Waals surface area contributed by atoms with Crippen LogP contribution in [0.1, 0.15) is 45.7 Å². The van der Waals surface area contributed by atoms with E-state index in [1.165, 1.54) is 0 Å². The van der Waals surface area contributed by atoms with Gasteiger partial charge in [0, 0.05) is 17.1 Å². The second kappa shape index (κ2) is 9.23. The maximum Gasteiger partial charge on any atom is 0.269 e. The fourth-order valence-electron chi connectivity index (χ4n) is 3.20. The largest absolute Gasteiger partial charge is 0.339 e. The van der Waals surface area contributed by atoms with Crippen LogP contribution in [0.4, 0.5) is 17.2 Å². The first-order valence-electron chi connectivity index (χ1n) is 10.3. The van der Waals surface area contributed by atoms with Crippen LogP contribution in [0.25, 0.3) is 5.82 Å². The predicted molar refractivity (Wildman–Crippen MR) is 125 cm³/mol. The van der Waals surface area contributed by atoms with Gasteiger partial charge in [0.05, 0.1) is 11.4 Å². The van der Waals surface area contributed by atoms with Crippen molar-refractivity contribution < 1.29 is 4.79 Å². The molecule has 1 amide bonds. The fraction of sp³-hybridized carbons (Fsp3) is 0.273. The Morgan fingerprint density at radius 2 is 1.75 bits per heavy atom. The van der Waals surface area contributed by atoms with Crippen LogP contribution in [0, 0.1) is 20.8 Å². The van der Waals surface area contributed by atoms with Gasteiger partial charge in [-0.05, 0) is 80.7 Å². The van der Waals surface area contributed by atoms with Crippen LogP contribution in [0.2, 0.25) is 0 Å². The normalized spacial score (nSPS) is 10.9. The van der Waals surface area contributed by atoms with Crippen LogP contribution >= 0.6 is 11.5 Å². The molecule has 0 saturated heterocycles. The van der Waals surface area contributed by atoms with Crippen LogP contribution in [0.15, 0.2) is 36.4 Å². The minimum atomic E-state index is -0.190. The summed E-state index contributed by atoms with van der Waals surface area (Å²) in [5.41, 5.74) is 5.44. The molecule has 0 radical (unpaired) electrons. The van der Waals surface area contributed by atoms with Gasteiger partial charge < -0.3 is 10.6 Å². The summed E-state index contributed by atoms with van der Waals surface area (Å²) < 4.78 is 5.70. The van der Waals surface area contributed by atoms with E-state index >= 15 is 0 Å². The molecule has 2 N–H and O–H groups in total. The lowest BCUT2D eigenvalue weighted by Gasteiger charge is -2.08. The summed E-state index contributed by atoms with van der Waals surface area (Å²) in [6.07, 6.45) is 1.65. The van der Waals surface area contributed by atoms with E-state index in [1.807, 2.05) is 64.1 Å². The first-order chi connectivity index (χ1) is 15.5. The second-order valence-corrected chi connectivity index (χ2v) is 8.19. The number of anilines is 3. The van der Waals surface area contributed by atoms with E-state index in [0.717, 1.165) is 52.7 Å². The molecule has 0 bridgehead atoms. The zero-order valence-corrected chi connectivity index (χ0v) is 19.2. The zero-order chi connectivity index (χ0) is 22.7. The summed E-state index contributed by atoms with van der Waals surface area (Å²) >= 11 is 1.12. The summed E-state index contributed by atoms with van der Waals surface area (Å²) in [5, 5.41) is 23.2. The number of benzene rings is 1. The molecule has 1 aromatic carbocycles. The van der Waals surface area contributed by atoms with Crippen molar-refractivity contribution in [3.63, 3.8) is 0 Å². The molecule has 164 valence electrons. The summed E-state index contributed by atoms with van der Waals surface area (Å²) in [6, 6.07) is 11.1. The smallest absolute Gasteiger partial charge is 0.269 e. The van der Waals surface area contributed by atoms with E-state index in [-0.39, 0.29) is 5.91 Å². The van der Waals surface area contributed by atoms with E-state index in [2.05, 4.69) is 35.5 Å². The quantitative estimate of drug-likeness (QED) is 0.431. The van der Waals surface area contributed by atoms with E-state index in [4.69, 9.17) is 0 Å². The Labute approximate surface area is 190 Å². The van der Waals surface area contributed by atoms with Crippen molar-refractivity contribution in [3.8, 4) is 5.82 Å². The highest BCUT2D eigenvalue weighted by molar-refractivity contribution is 7.08. The van der Waals surface area contributed by atoms with E-state index in [1.54, 1.807) is 4.68 Å². The summed E-state index contributed by atoms with van der Waals surface area (Å²) in [4.78, 5) is 13.1. The molecule has 0 aliphatic carbocycles. The number of hydrogen-bond acceptors (Lipinski definition) is 8. The molecule has 0 aliphatic rings.